The van der Waals surface area contributed by atoms with Crippen LogP contribution in [0.3, 0.4) is 0 Å². The quantitative estimate of drug-likeness (QED) is 0.129. The van der Waals surface area contributed by atoms with Gasteiger partial charge < -0.3 is 14.4 Å². The van der Waals surface area contributed by atoms with Gasteiger partial charge in [-0.25, -0.2) is 27.7 Å². The van der Waals surface area contributed by atoms with Gasteiger partial charge in [-0.3, -0.25) is 0 Å². The minimum absolute atomic E-state index is 0.120. The molecule has 0 spiro atoms. The van der Waals surface area contributed by atoms with E-state index in [9.17, 15) is 34.8 Å². The first kappa shape index (κ1) is 36.4. The lowest BCUT2D eigenvalue weighted by Crippen LogP contribution is -2.35. The minimum Gasteiger partial charge on any atom is -0.489 e. The average Bonchev–Trinajstić information content (AvgIpc) is 3.55. The van der Waals surface area contributed by atoms with E-state index in [2.05, 4.69) is 15.0 Å². The van der Waals surface area contributed by atoms with Gasteiger partial charge in [-0.1, -0.05) is 12.8 Å². The molecule has 2 heterocycles. The molecule has 1 aliphatic carbocycles. The largest absolute Gasteiger partial charge is 0.489 e. The fourth-order valence-electron chi connectivity index (χ4n) is 5.25. The molecule has 47 heavy (non-hydrogen) atoms. The highest BCUT2D eigenvalue weighted by atomic mass is 32.2. The van der Waals surface area contributed by atoms with E-state index >= 15 is 0 Å². The second-order valence-corrected chi connectivity index (χ2v) is 13.7. The van der Waals surface area contributed by atoms with Crippen LogP contribution in [0.2, 0.25) is 0 Å². The number of anilines is 2. The van der Waals surface area contributed by atoms with Gasteiger partial charge in [0.1, 0.15) is 0 Å². The average molecular weight is 708 g/mol. The lowest BCUT2D eigenvalue weighted by molar-refractivity contribution is -0.143. The zero-order valence-electron chi connectivity index (χ0n) is 25.9. The Balaban J connectivity index is 1.87. The maximum absolute atomic E-state index is 14.2. The van der Waals surface area contributed by atoms with E-state index < -0.39 is 50.9 Å². The molecule has 0 N–H and O–H groups in total. The van der Waals surface area contributed by atoms with Gasteiger partial charge in [-0.15, -0.1) is 0 Å². The first-order chi connectivity index (χ1) is 22.2. The second kappa shape index (κ2) is 15.2. The summed E-state index contributed by atoms with van der Waals surface area (Å²) >= 11 is 1.52. The predicted octanol–water partition coefficient (Wildman–Crippen LogP) is 7.07. The fraction of sp³-hybridized carbons (Fsp3) is 0.500. The number of pyridine rings is 1. The number of sulfonamides is 1. The first-order valence-corrected chi connectivity index (χ1v) is 17.6. The summed E-state index contributed by atoms with van der Waals surface area (Å²) < 4.78 is 122. The Morgan fingerprint density at radius 1 is 0.979 bits per heavy atom. The number of alkyl halides is 6. The molecular formula is C30H35F6N5O4S2. The number of nitrogens with zero attached hydrogens (tertiary/aromatic N) is 5. The SMILES string of the molecule is CCN(CC1CCCC1)c1ccc(OC)nc1CN(c1ncc(OCCSC)cn1)S(=O)(=O)c1cc(C(F)(F)F)cc(C(F)(F)F)c1. The molecule has 1 aliphatic rings. The van der Waals surface area contributed by atoms with E-state index in [4.69, 9.17) is 9.47 Å². The standard InChI is InChI=1S/C30H35F6N5O4S2/c1-4-40(18-20-7-5-6-8-20)26-9-10-27(44-2)39-25(26)19-41(28-37-16-23(17-38-28)45-11-12-46-3)47(42,43)24-14-21(29(31,32)33)13-22(15-24)30(34,35)36/h9-10,13-17,20H,4-8,11-12,18-19H2,1-3H3. The lowest BCUT2D eigenvalue weighted by atomic mass is 10.1. The van der Waals surface area contributed by atoms with Crippen molar-refractivity contribution in [1.82, 2.24) is 15.0 Å². The number of benzene rings is 1. The lowest BCUT2D eigenvalue weighted by Gasteiger charge is -2.30. The molecule has 3 aromatic rings. The van der Waals surface area contributed by atoms with E-state index in [1.165, 1.54) is 31.3 Å². The summed E-state index contributed by atoms with van der Waals surface area (Å²) in [6, 6.07) is 3.48. The topological polar surface area (TPSA) is 97.8 Å². The van der Waals surface area contributed by atoms with Crippen molar-refractivity contribution < 1.29 is 44.2 Å². The summed E-state index contributed by atoms with van der Waals surface area (Å²) in [4.78, 5) is 13.4. The third kappa shape index (κ3) is 9.12. The molecular weight excluding hydrogens is 672 g/mol. The van der Waals surface area contributed by atoms with Gasteiger partial charge >= 0.3 is 12.4 Å². The molecule has 0 amide bonds. The Labute approximate surface area is 273 Å². The molecule has 0 aliphatic heterocycles. The summed E-state index contributed by atoms with van der Waals surface area (Å²) in [5, 5.41) is 0. The maximum Gasteiger partial charge on any atom is 0.416 e. The normalized spacial score (nSPS) is 14.3. The van der Waals surface area contributed by atoms with Crippen molar-refractivity contribution >= 4 is 33.4 Å². The molecule has 0 radical (unpaired) electrons. The van der Waals surface area contributed by atoms with Gasteiger partial charge in [-0.05, 0) is 56.2 Å². The number of hydrogen-bond donors (Lipinski definition) is 0. The summed E-state index contributed by atoms with van der Waals surface area (Å²) in [6.45, 7) is 2.73. The zero-order valence-corrected chi connectivity index (χ0v) is 27.6. The van der Waals surface area contributed by atoms with Crippen molar-refractivity contribution in [3.8, 4) is 11.6 Å². The molecule has 1 aromatic carbocycles. The number of halogens is 6. The number of hydrogen-bond acceptors (Lipinski definition) is 9. The zero-order chi connectivity index (χ0) is 34.4. The monoisotopic (exact) mass is 707 g/mol. The van der Waals surface area contributed by atoms with E-state index in [0.717, 1.165) is 25.7 Å². The van der Waals surface area contributed by atoms with Crippen LogP contribution < -0.4 is 18.7 Å². The molecule has 17 heteroatoms. The van der Waals surface area contributed by atoms with Crippen LogP contribution in [-0.2, 0) is 28.9 Å². The van der Waals surface area contributed by atoms with Crippen LogP contribution in [-0.4, -0.2) is 62.2 Å². The van der Waals surface area contributed by atoms with Crippen molar-refractivity contribution in [1.29, 1.82) is 0 Å². The number of aromatic nitrogens is 3. The third-order valence-electron chi connectivity index (χ3n) is 7.65. The second-order valence-electron chi connectivity index (χ2n) is 10.8. The first-order valence-electron chi connectivity index (χ1n) is 14.7. The van der Waals surface area contributed by atoms with Crippen LogP contribution >= 0.6 is 11.8 Å². The highest BCUT2D eigenvalue weighted by molar-refractivity contribution is 7.98. The molecule has 0 atom stereocenters. The summed E-state index contributed by atoms with van der Waals surface area (Å²) in [5.74, 6) is 0.820. The van der Waals surface area contributed by atoms with Crippen molar-refractivity contribution in [3.05, 3.63) is 59.5 Å². The molecule has 2 aromatic heterocycles. The molecule has 4 rings (SSSR count). The van der Waals surface area contributed by atoms with Crippen molar-refractivity contribution in [2.75, 3.05) is 48.0 Å². The van der Waals surface area contributed by atoms with Gasteiger partial charge in [0.15, 0.2) is 5.75 Å². The van der Waals surface area contributed by atoms with Crippen LogP contribution in [0.4, 0.5) is 38.0 Å². The summed E-state index contributed by atoms with van der Waals surface area (Å²) in [6.07, 6.45) is -2.09. The number of ether oxygens (including phenoxy) is 2. The predicted molar refractivity (Wildman–Crippen MR) is 166 cm³/mol. The maximum atomic E-state index is 14.2. The van der Waals surface area contributed by atoms with Crippen LogP contribution in [0.15, 0.2) is 47.6 Å². The molecule has 0 saturated heterocycles. The molecule has 0 unspecified atom stereocenters. The summed E-state index contributed by atoms with van der Waals surface area (Å²) in [7, 11) is -3.82. The Bertz CT molecular complexity index is 1570. The smallest absolute Gasteiger partial charge is 0.416 e. The van der Waals surface area contributed by atoms with Gasteiger partial charge in [-0.2, -0.15) is 38.1 Å². The van der Waals surface area contributed by atoms with Crippen LogP contribution in [0.1, 0.15) is 49.4 Å². The van der Waals surface area contributed by atoms with E-state index in [0.29, 0.717) is 41.4 Å². The molecule has 1 saturated carbocycles. The molecule has 258 valence electrons. The van der Waals surface area contributed by atoms with Crippen LogP contribution in [0.25, 0.3) is 0 Å². The van der Waals surface area contributed by atoms with Crippen molar-refractivity contribution in [3.63, 3.8) is 0 Å². The van der Waals surface area contributed by atoms with Gasteiger partial charge in [0.05, 0.1) is 60.1 Å². The van der Waals surface area contributed by atoms with Crippen molar-refractivity contribution in [2.24, 2.45) is 5.92 Å². The van der Waals surface area contributed by atoms with Gasteiger partial charge in [0, 0.05) is 24.9 Å². The molecule has 0 bridgehead atoms. The Kier molecular flexibility index (Phi) is 11.7. The number of thioether (sulfide) groups is 1. The van der Waals surface area contributed by atoms with Gasteiger partial charge in [0.2, 0.25) is 11.8 Å². The molecule has 1 fully saturated rings. The van der Waals surface area contributed by atoms with E-state index in [1.807, 2.05) is 18.1 Å². The number of rotatable bonds is 14. The van der Waals surface area contributed by atoms with E-state index in [1.54, 1.807) is 12.1 Å². The van der Waals surface area contributed by atoms with E-state index in [-0.39, 0.29) is 35.5 Å². The van der Waals surface area contributed by atoms with Crippen molar-refractivity contribution in [2.45, 2.75) is 56.4 Å². The highest BCUT2D eigenvalue weighted by Gasteiger charge is 2.40. The Hall–Kier alpha value is -3.47. The third-order valence-corrected chi connectivity index (χ3v) is 9.92. The fourth-order valence-corrected chi connectivity index (χ4v) is 6.91. The highest BCUT2D eigenvalue weighted by Crippen LogP contribution is 2.39. The van der Waals surface area contributed by atoms with Gasteiger partial charge in [0.25, 0.3) is 10.0 Å². The number of methoxy groups -OCH3 is 1. The molecule has 9 nitrogen and oxygen atoms in total. The summed E-state index contributed by atoms with van der Waals surface area (Å²) in [5.41, 5.74) is -2.89. The Morgan fingerprint density at radius 3 is 2.13 bits per heavy atom. The minimum atomic E-state index is -5.27. The van der Waals surface area contributed by atoms with Crippen LogP contribution in [0, 0.1) is 5.92 Å². The Morgan fingerprint density at radius 2 is 1.60 bits per heavy atom. The van der Waals surface area contributed by atoms with Crippen LogP contribution in [0.5, 0.6) is 11.6 Å².